The van der Waals surface area contributed by atoms with Crippen molar-refractivity contribution in [2.24, 2.45) is 23.7 Å². The maximum Gasteiger partial charge on any atom is 0.238 e. The normalized spacial score (nSPS) is 26.9. The molecule has 8 nitrogen and oxygen atoms in total. The minimum atomic E-state index is -1.47. The number of methoxy groups -OCH3 is 2. The number of phenolic OH excluding ortho intramolecular Hbond substituents is 1. The molecule has 2 fully saturated rings. The number of hydrogen-bond donors (Lipinski definition) is 1. The van der Waals surface area contributed by atoms with Gasteiger partial charge in [-0.15, -0.1) is 0 Å². The fourth-order valence-corrected chi connectivity index (χ4v) is 9.51. The van der Waals surface area contributed by atoms with Crippen molar-refractivity contribution in [2.75, 3.05) is 19.1 Å². The Balaban J connectivity index is 1.40. The fraction of sp³-hybridized carbons (Fsp3) is 0.238. The summed E-state index contributed by atoms with van der Waals surface area (Å²) in [5.74, 6) is -4.37. The first-order chi connectivity index (χ1) is 24.7. The van der Waals surface area contributed by atoms with E-state index in [2.05, 4.69) is 15.9 Å². The number of aromatic hydroxyl groups is 1. The lowest BCUT2D eigenvalue weighted by atomic mass is 9.44. The van der Waals surface area contributed by atoms with Gasteiger partial charge in [0, 0.05) is 39.6 Å². The van der Waals surface area contributed by atoms with Gasteiger partial charge in [0.15, 0.2) is 11.6 Å². The second-order valence-corrected chi connectivity index (χ2v) is 14.5. The van der Waals surface area contributed by atoms with Crippen LogP contribution < -0.4 is 14.4 Å². The van der Waals surface area contributed by atoms with Gasteiger partial charge in [0.1, 0.15) is 17.2 Å². The summed E-state index contributed by atoms with van der Waals surface area (Å²) in [7, 11) is 2.96. The summed E-state index contributed by atoms with van der Waals surface area (Å²) in [6, 6.07) is 28.5. The molecular weight excluding hydrogens is 710 g/mol. The van der Waals surface area contributed by atoms with Gasteiger partial charge < -0.3 is 14.6 Å². The number of fused-ring (bicyclic) bond motifs is 4. The van der Waals surface area contributed by atoms with Crippen molar-refractivity contribution < 1.29 is 33.8 Å². The Bertz CT molecular complexity index is 2140. The third-order valence-corrected chi connectivity index (χ3v) is 11.8. The second-order valence-electron chi connectivity index (χ2n) is 13.5. The lowest BCUT2D eigenvalue weighted by Gasteiger charge is -2.55. The summed E-state index contributed by atoms with van der Waals surface area (Å²) >= 11 is 3.44. The van der Waals surface area contributed by atoms with Gasteiger partial charge in [0.05, 0.1) is 37.2 Å². The standard InChI is InChI=1S/C42H34BrNO7/c1-50-33-19-27(45)20-34(51-2)37(33)38-28-17-18-29-36(41(49)44(40(29)48)26-15-13-25(43)14-16-26)31(28)21-32-39(47)30(23-9-5-3-6-10-23)22-35(46)42(32,38)24-11-7-4-8-12-24/h3-17,19-20,22,29,31-32,36,38,45H,18,21H2,1-2H3. The molecule has 1 saturated carbocycles. The Morgan fingerprint density at radius 2 is 1.43 bits per heavy atom. The van der Waals surface area contributed by atoms with E-state index in [1.54, 1.807) is 24.3 Å². The quantitative estimate of drug-likeness (QED) is 0.164. The molecule has 1 saturated heterocycles. The molecule has 0 radical (unpaired) electrons. The number of amides is 2. The average Bonchev–Trinajstić information content (AvgIpc) is 3.41. The molecule has 6 unspecified atom stereocenters. The zero-order chi connectivity index (χ0) is 35.6. The number of nitrogens with zero attached hydrogens (tertiary/aromatic N) is 1. The summed E-state index contributed by atoms with van der Waals surface area (Å²) < 4.78 is 12.6. The monoisotopic (exact) mass is 743 g/mol. The molecule has 4 aromatic carbocycles. The molecule has 1 heterocycles. The molecule has 9 heteroatoms. The first-order valence-corrected chi connectivity index (χ1v) is 17.7. The van der Waals surface area contributed by atoms with Crippen LogP contribution in [0.3, 0.4) is 0 Å². The highest BCUT2D eigenvalue weighted by Crippen LogP contribution is 2.65. The van der Waals surface area contributed by atoms with Crippen molar-refractivity contribution >= 4 is 50.6 Å². The molecule has 0 spiro atoms. The van der Waals surface area contributed by atoms with E-state index in [9.17, 15) is 14.7 Å². The molecule has 256 valence electrons. The molecule has 0 aromatic heterocycles. The van der Waals surface area contributed by atoms with E-state index in [1.165, 1.54) is 37.3 Å². The van der Waals surface area contributed by atoms with Crippen LogP contribution in [0.4, 0.5) is 5.69 Å². The number of ketones is 2. The molecule has 8 rings (SSSR count). The number of imide groups is 1. The van der Waals surface area contributed by atoms with Crippen LogP contribution in [0.5, 0.6) is 17.2 Å². The van der Waals surface area contributed by atoms with E-state index in [-0.39, 0.29) is 53.5 Å². The van der Waals surface area contributed by atoms with E-state index < -0.39 is 35.0 Å². The number of carbonyl (C=O) groups is 4. The number of Topliss-reactive ketones (excluding diaryl/α,β-unsaturated/α-hetero) is 1. The van der Waals surface area contributed by atoms with Crippen molar-refractivity contribution in [1.82, 2.24) is 0 Å². The fourth-order valence-electron chi connectivity index (χ4n) is 9.24. The molecule has 4 aromatic rings. The van der Waals surface area contributed by atoms with Crippen LogP contribution in [0.1, 0.15) is 35.4 Å². The number of hydrogen-bond acceptors (Lipinski definition) is 7. The third-order valence-electron chi connectivity index (χ3n) is 11.3. The zero-order valence-corrected chi connectivity index (χ0v) is 29.5. The van der Waals surface area contributed by atoms with Gasteiger partial charge in [-0.05, 0) is 60.2 Å². The van der Waals surface area contributed by atoms with Crippen LogP contribution in [-0.4, -0.2) is 42.7 Å². The van der Waals surface area contributed by atoms with Crippen LogP contribution in [0.2, 0.25) is 0 Å². The van der Waals surface area contributed by atoms with E-state index in [0.29, 0.717) is 28.0 Å². The number of anilines is 1. The molecular formula is C42H34BrNO7. The number of ether oxygens (including phenoxy) is 2. The van der Waals surface area contributed by atoms with Crippen molar-refractivity contribution in [3.05, 3.63) is 136 Å². The SMILES string of the molecule is COc1cc(O)cc(OC)c1C1C2=CCC3C(=O)N(c4ccc(Br)cc4)C(=O)C3C2CC2C(=O)C(c3ccccc3)=CC(=O)C21c1ccccc1. The Morgan fingerprint density at radius 1 is 0.804 bits per heavy atom. The predicted octanol–water partition coefficient (Wildman–Crippen LogP) is 7.20. The molecule has 3 aliphatic carbocycles. The van der Waals surface area contributed by atoms with Gasteiger partial charge >= 0.3 is 0 Å². The molecule has 2 amide bonds. The van der Waals surface area contributed by atoms with Gasteiger partial charge in [0.2, 0.25) is 11.8 Å². The average molecular weight is 745 g/mol. The topological polar surface area (TPSA) is 110 Å². The smallest absolute Gasteiger partial charge is 0.238 e. The first kappa shape index (κ1) is 32.9. The van der Waals surface area contributed by atoms with Crippen LogP contribution >= 0.6 is 15.9 Å². The van der Waals surface area contributed by atoms with Crippen LogP contribution in [0.15, 0.2) is 119 Å². The summed E-state index contributed by atoms with van der Waals surface area (Å²) in [5, 5.41) is 10.7. The first-order valence-electron chi connectivity index (χ1n) is 16.9. The van der Waals surface area contributed by atoms with E-state index in [1.807, 2.05) is 66.7 Å². The number of phenols is 1. The summed E-state index contributed by atoms with van der Waals surface area (Å²) in [6.45, 7) is 0. The summed E-state index contributed by atoms with van der Waals surface area (Å²) in [5.41, 5.74) is 1.85. The summed E-state index contributed by atoms with van der Waals surface area (Å²) in [6.07, 6.45) is 3.91. The van der Waals surface area contributed by atoms with Crippen LogP contribution in [0, 0.1) is 23.7 Å². The van der Waals surface area contributed by atoms with Gasteiger partial charge in [-0.2, -0.15) is 0 Å². The van der Waals surface area contributed by atoms with Gasteiger partial charge in [-0.3, -0.25) is 24.1 Å². The highest BCUT2D eigenvalue weighted by atomic mass is 79.9. The Hall–Kier alpha value is -5.28. The maximum absolute atomic E-state index is 15.3. The number of halogens is 1. The van der Waals surface area contributed by atoms with Crippen molar-refractivity contribution in [1.29, 1.82) is 0 Å². The molecule has 6 atom stereocenters. The minimum absolute atomic E-state index is 0.0955. The highest BCUT2D eigenvalue weighted by Gasteiger charge is 2.66. The number of carbonyl (C=O) groups excluding carboxylic acids is 4. The van der Waals surface area contributed by atoms with E-state index >= 15 is 9.59 Å². The molecule has 1 aliphatic heterocycles. The summed E-state index contributed by atoms with van der Waals surface area (Å²) in [4.78, 5) is 60.4. The minimum Gasteiger partial charge on any atom is -0.508 e. The van der Waals surface area contributed by atoms with E-state index in [4.69, 9.17) is 9.47 Å². The predicted molar refractivity (Wildman–Crippen MR) is 194 cm³/mol. The highest BCUT2D eigenvalue weighted by molar-refractivity contribution is 9.10. The number of rotatable bonds is 6. The Morgan fingerprint density at radius 3 is 2.06 bits per heavy atom. The zero-order valence-electron chi connectivity index (χ0n) is 27.9. The van der Waals surface area contributed by atoms with Crippen molar-refractivity contribution in [3.8, 4) is 17.2 Å². The number of allylic oxidation sites excluding steroid dienone is 4. The van der Waals surface area contributed by atoms with Gasteiger partial charge in [-0.1, -0.05) is 88.2 Å². The van der Waals surface area contributed by atoms with Crippen molar-refractivity contribution in [3.63, 3.8) is 0 Å². The molecule has 51 heavy (non-hydrogen) atoms. The number of benzene rings is 4. The maximum atomic E-state index is 15.3. The Labute approximate surface area is 303 Å². The molecule has 4 aliphatic rings. The van der Waals surface area contributed by atoms with E-state index in [0.717, 1.165) is 10.0 Å². The van der Waals surface area contributed by atoms with Crippen LogP contribution in [-0.2, 0) is 24.6 Å². The van der Waals surface area contributed by atoms with Gasteiger partial charge in [0.25, 0.3) is 0 Å². The van der Waals surface area contributed by atoms with Gasteiger partial charge in [-0.25, -0.2) is 0 Å². The lowest BCUT2D eigenvalue weighted by molar-refractivity contribution is -0.135. The molecule has 0 bridgehead atoms. The third kappa shape index (κ3) is 4.85. The van der Waals surface area contributed by atoms with Crippen LogP contribution in [0.25, 0.3) is 5.57 Å². The lowest BCUT2D eigenvalue weighted by Crippen LogP contribution is -2.59. The molecule has 1 N–H and O–H groups in total. The second kappa shape index (κ2) is 12.5. The largest absolute Gasteiger partial charge is 0.508 e. The van der Waals surface area contributed by atoms with Crippen molar-refractivity contribution in [2.45, 2.75) is 24.2 Å². The Kier molecular flexibility index (Phi) is 8.06.